The van der Waals surface area contributed by atoms with Crippen molar-refractivity contribution in [3.05, 3.63) is 23.2 Å². The van der Waals surface area contributed by atoms with Gasteiger partial charge >= 0.3 is 0 Å². The van der Waals surface area contributed by atoms with Crippen LogP contribution in [0.3, 0.4) is 0 Å². The van der Waals surface area contributed by atoms with Gasteiger partial charge in [0.25, 0.3) is 5.91 Å². The molecule has 1 aromatic carbocycles. The molecule has 0 radical (unpaired) electrons. The molecule has 8 heteroatoms. The smallest absolute Gasteiger partial charge is 0.257 e. The van der Waals surface area contributed by atoms with Gasteiger partial charge in [0.05, 0.1) is 0 Å². The minimum Gasteiger partial charge on any atom is -0.482 e. The van der Waals surface area contributed by atoms with E-state index in [0.29, 0.717) is 30.6 Å². The van der Waals surface area contributed by atoms with E-state index in [1.807, 2.05) is 0 Å². The van der Waals surface area contributed by atoms with Crippen LogP contribution in [-0.4, -0.2) is 44.9 Å². The lowest BCUT2D eigenvalue weighted by Crippen LogP contribution is -2.32. The van der Waals surface area contributed by atoms with Crippen molar-refractivity contribution in [3.63, 3.8) is 0 Å². The van der Waals surface area contributed by atoms with Gasteiger partial charge in [0.2, 0.25) is 10.0 Å². The number of hydrogen-bond acceptors (Lipinski definition) is 4. The first-order chi connectivity index (χ1) is 11.7. The van der Waals surface area contributed by atoms with Gasteiger partial charge in [-0.3, -0.25) is 4.79 Å². The normalized spacial score (nSPS) is 11.8. The fourth-order valence-corrected chi connectivity index (χ4v) is 4.05. The van der Waals surface area contributed by atoms with Gasteiger partial charge in [-0.1, -0.05) is 39.3 Å². The Morgan fingerprint density at radius 3 is 2.48 bits per heavy atom. The molecular weight excluding hydrogens is 364 g/mol. The highest BCUT2D eigenvalue weighted by molar-refractivity contribution is 7.89. The van der Waals surface area contributed by atoms with E-state index in [1.54, 1.807) is 13.8 Å². The first-order valence-corrected chi connectivity index (χ1v) is 10.2. The first kappa shape index (κ1) is 21.7. The highest BCUT2D eigenvalue weighted by Crippen LogP contribution is 2.29. The number of carbonyl (C=O) groups is 1. The van der Waals surface area contributed by atoms with E-state index in [4.69, 9.17) is 16.3 Å². The standard InChI is InChI=1S/C17H27ClN2O4S/c1-5-20(6-2)25(22,23)16-11-14(18)7-8-15(16)24-12-17(21)19-10-9-13(3)4/h7-8,11,13H,5-6,9-10,12H2,1-4H3,(H,19,21). The van der Waals surface area contributed by atoms with Gasteiger partial charge in [-0.15, -0.1) is 0 Å². The summed E-state index contributed by atoms with van der Waals surface area (Å²) in [5.74, 6) is 0.320. The molecule has 0 bridgehead atoms. The van der Waals surface area contributed by atoms with Gasteiger partial charge in [-0.2, -0.15) is 4.31 Å². The summed E-state index contributed by atoms with van der Waals surface area (Å²) in [7, 11) is -3.74. The number of rotatable bonds is 10. The molecular formula is C17H27ClN2O4S. The van der Waals surface area contributed by atoms with E-state index in [9.17, 15) is 13.2 Å². The summed E-state index contributed by atoms with van der Waals surface area (Å²) in [6.45, 7) is 8.64. The fraction of sp³-hybridized carbons (Fsp3) is 0.588. The van der Waals surface area contributed by atoms with Crippen LogP contribution in [-0.2, 0) is 14.8 Å². The maximum atomic E-state index is 12.7. The third kappa shape index (κ3) is 6.49. The molecule has 0 spiro atoms. The molecule has 0 unspecified atom stereocenters. The number of hydrogen-bond donors (Lipinski definition) is 1. The van der Waals surface area contributed by atoms with Crippen LogP contribution in [0.4, 0.5) is 0 Å². The quantitative estimate of drug-likeness (QED) is 0.666. The fourth-order valence-electron chi connectivity index (χ4n) is 2.20. The zero-order chi connectivity index (χ0) is 19.0. The summed E-state index contributed by atoms with van der Waals surface area (Å²) in [5.41, 5.74) is 0. The van der Waals surface area contributed by atoms with E-state index in [-0.39, 0.29) is 23.2 Å². The van der Waals surface area contributed by atoms with Crippen molar-refractivity contribution in [1.82, 2.24) is 9.62 Å². The molecule has 0 aliphatic heterocycles. The van der Waals surface area contributed by atoms with Gasteiger partial charge in [-0.05, 0) is 30.5 Å². The SMILES string of the molecule is CCN(CC)S(=O)(=O)c1cc(Cl)ccc1OCC(=O)NCCC(C)C. The number of carbonyl (C=O) groups excluding carboxylic acids is 1. The Balaban J connectivity index is 2.90. The maximum absolute atomic E-state index is 12.7. The van der Waals surface area contributed by atoms with Crippen molar-refractivity contribution in [3.8, 4) is 5.75 Å². The van der Waals surface area contributed by atoms with Crippen molar-refractivity contribution in [2.45, 2.75) is 39.0 Å². The van der Waals surface area contributed by atoms with E-state index in [1.165, 1.54) is 22.5 Å². The van der Waals surface area contributed by atoms with Gasteiger partial charge < -0.3 is 10.1 Å². The number of halogens is 1. The van der Waals surface area contributed by atoms with Crippen molar-refractivity contribution < 1.29 is 17.9 Å². The second-order valence-electron chi connectivity index (χ2n) is 6.00. The Morgan fingerprint density at radius 1 is 1.28 bits per heavy atom. The summed E-state index contributed by atoms with van der Waals surface area (Å²) < 4.78 is 32.3. The van der Waals surface area contributed by atoms with Gasteiger partial charge in [0.15, 0.2) is 6.61 Å². The van der Waals surface area contributed by atoms with E-state index in [0.717, 1.165) is 6.42 Å². The molecule has 1 N–H and O–H groups in total. The zero-order valence-corrected chi connectivity index (χ0v) is 16.8. The topological polar surface area (TPSA) is 75.7 Å². The molecule has 6 nitrogen and oxygen atoms in total. The van der Waals surface area contributed by atoms with Crippen LogP contribution >= 0.6 is 11.6 Å². The molecule has 0 atom stereocenters. The Hall–Kier alpha value is -1.31. The highest BCUT2D eigenvalue weighted by Gasteiger charge is 2.26. The van der Waals surface area contributed by atoms with Crippen molar-refractivity contribution in [2.24, 2.45) is 5.92 Å². The molecule has 25 heavy (non-hydrogen) atoms. The van der Waals surface area contributed by atoms with E-state index in [2.05, 4.69) is 19.2 Å². The lowest BCUT2D eigenvalue weighted by molar-refractivity contribution is -0.123. The van der Waals surface area contributed by atoms with Crippen LogP contribution in [0.1, 0.15) is 34.1 Å². The molecule has 0 heterocycles. The van der Waals surface area contributed by atoms with Crippen LogP contribution in [0.25, 0.3) is 0 Å². The van der Waals surface area contributed by atoms with Crippen LogP contribution in [0.2, 0.25) is 5.02 Å². The molecule has 1 rings (SSSR count). The second-order valence-corrected chi connectivity index (χ2v) is 8.34. The number of nitrogens with zero attached hydrogens (tertiary/aromatic N) is 1. The third-order valence-corrected chi connectivity index (χ3v) is 5.94. The second kappa shape index (κ2) is 9.99. The molecule has 142 valence electrons. The Labute approximate surface area is 155 Å². The van der Waals surface area contributed by atoms with Crippen molar-refractivity contribution in [2.75, 3.05) is 26.2 Å². The Morgan fingerprint density at radius 2 is 1.92 bits per heavy atom. The minimum atomic E-state index is -3.74. The summed E-state index contributed by atoms with van der Waals surface area (Å²) in [5, 5.41) is 3.04. The van der Waals surface area contributed by atoms with Crippen molar-refractivity contribution in [1.29, 1.82) is 0 Å². The Kier molecular flexibility index (Phi) is 8.68. The molecule has 0 fully saturated rings. The summed E-state index contributed by atoms with van der Waals surface area (Å²) >= 11 is 5.96. The van der Waals surface area contributed by atoms with E-state index < -0.39 is 10.0 Å². The number of amides is 1. The van der Waals surface area contributed by atoms with Crippen LogP contribution in [0.15, 0.2) is 23.1 Å². The summed E-state index contributed by atoms with van der Waals surface area (Å²) in [6, 6.07) is 4.36. The molecule has 1 amide bonds. The highest BCUT2D eigenvalue weighted by atomic mass is 35.5. The maximum Gasteiger partial charge on any atom is 0.257 e. The number of benzene rings is 1. The molecule has 0 saturated carbocycles. The Bertz CT molecular complexity index is 673. The van der Waals surface area contributed by atoms with E-state index >= 15 is 0 Å². The summed E-state index contributed by atoms with van der Waals surface area (Å²) in [4.78, 5) is 11.8. The predicted molar refractivity (Wildman–Crippen MR) is 99.5 cm³/mol. The van der Waals surface area contributed by atoms with Gasteiger partial charge in [0.1, 0.15) is 10.6 Å². The van der Waals surface area contributed by atoms with Crippen LogP contribution in [0, 0.1) is 5.92 Å². The molecule has 0 aromatic heterocycles. The number of ether oxygens (including phenoxy) is 1. The average Bonchev–Trinajstić information content (AvgIpc) is 2.54. The number of nitrogens with one attached hydrogen (secondary N) is 1. The monoisotopic (exact) mass is 390 g/mol. The average molecular weight is 391 g/mol. The molecule has 0 aliphatic carbocycles. The first-order valence-electron chi connectivity index (χ1n) is 8.41. The molecule has 1 aromatic rings. The lowest BCUT2D eigenvalue weighted by Gasteiger charge is -2.20. The zero-order valence-electron chi connectivity index (χ0n) is 15.2. The van der Waals surface area contributed by atoms with Gasteiger partial charge in [-0.25, -0.2) is 8.42 Å². The predicted octanol–water partition coefficient (Wildman–Crippen LogP) is 2.91. The number of sulfonamides is 1. The molecule has 0 saturated heterocycles. The minimum absolute atomic E-state index is 0.0290. The largest absolute Gasteiger partial charge is 0.482 e. The van der Waals surface area contributed by atoms with Crippen molar-refractivity contribution >= 4 is 27.5 Å². The van der Waals surface area contributed by atoms with Crippen LogP contribution in [0.5, 0.6) is 5.75 Å². The lowest BCUT2D eigenvalue weighted by atomic mass is 10.1. The molecule has 0 aliphatic rings. The van der Waals surface area contributed by atoms with Crippen LogP contribution < -0.4 is 10.1 Å². The summed E-state index contributed by atoms with van der Waals surface area (Å²) in [6.07, 6.45) is 0.869. The third-order valence-electron chi connectivity index (χ3n) is 3.63. The van der Waals surface area contributed by atoms with Gasteiger partial charge in [0, 0.05) is 24.7 Å².